The maximum Gasteiger partial charge on any atom is 0.281 e. The molecule has 0 radical (unpaired) electrons. The van der Waals surface area contributed by atoms with Crippen LogP contribution in [0.15, 0.2) is 42.6 Å². The molecular formula is C24H27FN4O4. The molecule has 2 unspecified atom stereocenters. The average Bonchev–Trinajstić information content (AvgIpc) is 3.16. The quantitative estimate of drug-likeness (QED) is 0.304. The van der Waals surface area contributed by atoms with Crippen molar-refractivity contribution in [2.75, 3.05) is 21.1 Å². The van der Waals surface area contributed by atoms with Crippen LogP contribution in [-0.2, 0) is 22.4 Å². The molecule has 0 bridgehead atoms. The Hall–Kier alpha value is -3.59. The highest BCUT2D eigenvalue weighted by Gasteiger charge is 2.30. The molecule has 0 spiro atoms. The summed E-state index contributed by atoms with van der Waals surface area (Å²) in [7, 11) is 5.05. The van der Waals surface area contributed by atoms with E-state index in [1.807, 2.05) is 31.2 Å². The lowest BCUT2D eigenvalue weighted by atomic mass is 10.00. The normalized spacial score (nSPS) is 13.2. The van der Waals surface area contributed by atoms with Crippen LogP contribution in [0.5, 0.6) is 0 Å². The molecule has 1 heterocycles. The minimum absolute atomic E-state index is 0.151. The first-order valence-corrected chi connectivity index (χ1v) is 10.5. The minimum atomic E-state index is -0.715. The topological polar surface area (TPSA) is 99.5 Å². The zero-order chi connectivity index (χ0) is 24.3. The van der Waals surface area contributed by atoms with Gasteiger partial charge in [-0.1, -0.05) is 29.8 Å². The standard InChI is InChI=1S/C24H27FN4O4/c1-15-6-5-7-16(8-15)9-19(14-30)28(4)24(31)22(27(2)3)10-17-13-26-20-11-18(25)12-21(23(17)20)29(32)33/h5-8,11-14,19,22,26H,9-10H2,1-4H3. The maximum absolute atomic E-state index is 13.8. The summed E-state index contributed by atoms with van der Waals surface area (Å²) >= 11 is 0. The van der Waals surface area contributed by atoms with Crippen LogP contribution >= 0.6 is 0 Å². The molecule has 0 aliphatic heterocycles. The molecular weight excluding hydrogens is 427 g/mol. The van der Waals surface area contributed by atoms with Crippen molar-refractivity contribution < 1.29 is 18.9 Å². The van der Waals surface area contributed by atoms with Crippen molar-refractivity contribution in [2.45, 2.75) is 31.8 Å². The summed E-state index contributed by atoms with van der Waals surface area (Å²) in [5.41, 5.74) is 2.47. The number of nitrogens with zero attached hydrogens (tertiary/aromatic N) is 3. The Labute approximate surface area is 191 Å². The minimum Gasteiger partial charge on any atom is -0.361 e. The molecule has 33 heavy (non-hydrogen) atoms. The van der Waals surface area contributed by atoms with Crippen LogP contribution in [0.1, 0.15) is 16.7 Å². The zero-order valence-electron chi connectivity index (χ0n) is 19.0. The zero-order valence-corrected chi connectivity index (χ0v) is 19.0. The number of non-ortho nitro benzene ring substituents is 1. The molecule has 0 aliphatic rings. The SMILES string of the molecule is Cc1cccc(CC(C=O)N(C)C(=O)C(Cc2c[nH]c3cc(F)cc([N+](=O)[O-])c23)N(C)C)c1. The van der Waals surface area contributed by atoms with Crippen molar-refractivity contribution in [1.29, 1.82) is 0 Å². The molecule has 9 heteroatoms. The molecule has 3 aromatic rings. The lowest BCUT2D eigenvalue weighted by molar-refractivity contribution is -0.383. The van der Waals surface area contributed by atoms with E-state index in [1.165, 1.54) is 11.0 Å². The fraction of sp³-hybridized carbons (Fsp3) is 0.333. The molecule has 2 aromatic carbocycles. The number of benzene rings is 2. The summed E-state index contributed by atoms with van der Waals surface area (Å²) in [5.74, 6) is -1.00. The molecule has 0 saturated carbocycles. The van der Waals surface area contributed by atoms with Gasteiger partial charge in [0, 0.05) is 13.2 Å². The highest BCUT2D eigenvalue weighted by Crippen LogP contribution is 2.31. The molecule has 0 saturated heterocycles. The van der Waals surface area contributed by atoms with Crippen LogP contribution in [0.25, 0.3) is 10.9 Å². The van der Waals surface area contributed by atoms with Crippen molar-refractivity contribution in [3.8, 4) is 0 Å². The van der Waals surface area contributed by atoms with Gasteiger partial charge in [0.05, 0.1) is 34.0 Å². The molecule has 1 amide bonds. The number of hydrogen-bond donors (Lipinski definition) is 1. The number of rotatable bonds is 9. The molecule has 1 aromatic heterocycles. The first-order valence-electron chi connectivity index (χ1n) is 10.5. The second kappa shape index (κ2) is 9.91. The number of carbonyl (C=O) groups excluding carboxylic acids is 2. The Morgan fingerprint density at radius 2 is 1.94 bits per heavy atom. The number of aryl methyl sites for hydroxylation is 1. The number of nitro groups is 1. The van der Waals surface area contributed by atoms with Crippen molar-refractivity contribution in [1.82, 2.24) is 14.8 Å². The number of likely N-dealkylation sites (N-methyl/N-ethyl adjacent to an activating group) is 2. The molecule has 3 rings (SSSR count). The number of carbonyl (C=O) groups is 2. The Morgan fingerprint density at radius 1 is 1.21 bits per heavy atom. The second-order valence-electron chi connectivity index (χ2n) is 8.45. The van der Waals surface area contributed by atoms with Gasteiger partial charge in [0.15, 0.2) is 0 Å². The van der Waals surface area contributed by atoms with Gasteiger partial charge in [0.25, 0.3) is 5.69 Å². The van der Waals surface area contributed by atoms with E-state index in [2.05, 4.69) is 4.98 Å². The van der Waals surface area contributed by atoms with Crippen molar-refractivity contribution in [3.05, 3.63) is 75.2 Å². The first kappa shape index (κ1) is 24.1. The fourth-order valence-corrected chi connectivity index (χ4v) is 4.04. The first-order chi connectivity index (χ1) is 15.6. The number of nitro benzene ring substituents is 1. The van der Waals surface area contributed by atoms with Crippen LogP contribution in [0, 0.1) is 22.9 Å². The summed E-state index contributed by atoms with van der Waals surface area (Å²) in [6, 6.07) is 8.48. The molecule has 0 fully saturated rings. The van der Waals surface area contributed by atoms with Gasteiger partial charge in [0.2, 0.25) is 5.91 Å². The number of aldehydes is 1. The molecule has 0 aliphatic carbocycles. The number of fused-ring (bicyclic) bond motifs is 1. The second-order valence-corrected chi connectivity index (χ2v) is 8.45. The monoisotopic (exact) mass is 454 g/mol. The van der Waals surface area contributed by atoms with Crippen LogP contribution in [0.4, 0.5) is 10.1 Å². The lowest BCUT2D eigenvalue weighted by Crippen LogP contribution is -2.50. The summed E-state index contributed by atoms with van der Waals surface area (Å²) in [6.07, 6.45) is 2.85. The highest BCUT2D eigenvalue weighted by molar-refractivity contribution is 5.93. The third-order valence-electron chi connectivity index (χ3n) is 5.85. The van der Waals surface area contributed by atoms with Gasteiger partial charge in [-0.05, 0) is 51.1 Å². The summed E-state index contributed by atoms with van der Waals surface area (Å²) in [6.45, 7) is 1.96. The van der Waals surface area contributed by atoms with E-state index in [-0.39, 0.29) is 23.4 Å². The summed E-state index contributed by atoms with van der Waals surface area (Å²) < 4.78 is 13.8. The van der Waals surface area contributed by atoms with Crippen molar-refractivity contribution in [3.63, 3.8) is 0 Å². The van der Waals surface area contributed by atoms with Gasteiger partial charge in [-0.3, -0.25) is 19.8 Å². The number of H-pyrrole nitrogens is 1. The summed E-state index contributed by atoms with van der Waals surface area (Å²) in [5, 5.41) is 11.8. The van der Waals surface area contributed by atoms with E-state index in [4.69, 9.17) is 0 Å². The summed E-state index contributed by atoms with van der Waals surface area (Å²) in [4.78, 5) is 42.1. The van der Waals surface area contributed by atoms with E-state index < -0.39 is 22.8 Å². The molecule has 1 N–H and O–H groups in total. The van der Waals surface area contributed by atoms with E-state index in [0.29, 0.717) is 17.5 Å². The third-order valence-corrected chi connectivity index (χ3v) is 5.85. The number of nitrogens with one attached hydrogen (secondary N) is 1. The Bertz CT molecular complexity index is 1190. The van der Waals surface area contributed by atoms with E-state index >= 15 is 0 Å². The van der Waals surface area contributed by atoms with Crippen LogP contribution in [0.3, 0.4) is 0 Å². The molecule has 174 valence electrons. The smallest absolute Gasteiger partial charge is 0.281 e. The maximum atomic E-state index is 13.8. The van der Waals surface area contributed by atoms with Gasteiger partial charge in [-0.15, -0.1) is 0 Å². The fourth-order valence-electron chi connectivity index (χ4n) is 4.04. The third kappa shape index (κ3) is 5.25. The van der Waals surface area contributed by atoms with E-state index in [0.717, 1.165) is 23.5 Å². The predicted molar refractivity (Wildman–Crippen MR) is 124 cm³/mol. The van der Waals surface area contributed by atoms with Crippen LogP contribution in [-0.4, -0.2) is 65.1 Å². The van der Waals surface area contributed by atoms with Gasteiger partial charge < -0.3 is 14.7 Å². The number of amides is 1. The van der Waals surface area contributed by atoms with E-state index in [9.17, 15) is 24.1 Å². The molecule has 2 atom stereocenters. The highest BCUT2D eigenvalue weighted by atomic mass is 19.1. The Morgan fingerprint density at radius 3 is 2.55 bits per heavy atom. The van der Waals surface area contributed by atoms with Gasteiger partial charge in [-0.25, -0.2) is 4.39 Å². The van der Waals surface area contributed by atoms with Crippen molar-refractivity contribution >= 4 is 28.8 Å². The van der Waals surface area contributed by atoms with Gasteiger partial charge in [-0.2, -0.15) is 0 Å². The van der Waals surface area contributed by atoms with Crippen LogP contribution < -0.4 is 0 Å². The lowest BCUT2D eigenvalue weighted by Gasteiger charge is -2.31. The van der Waals surface area contributed by atoms with Crippen LogP contribution in [0.2, 0.25) is 0 Å². The average molecular weight is 455 g/mol. The van der Waals surface area contributed by atoms with Gasteiger partial charge >= 0.3 is 0 Å². The number of halogens is 1. The van der Waals surface area contributed by atoms with E-state index in [1.54, 1.807) is 32.2 Å². The van der Waals surface area contributed by atoms with Crippen molar-refractivity contribution in [2.24, 2.45) is 0 Å². The number of aromatic nitrogens is 1. The largest absolute Gasteiger partial charge is 0.361 e. The molecule has 8 nitrogen and oxygen atoms in total. The Balaban J connectivity index is 1.89. The Kier molecular flexibility index (Phi) is 7.23. The number of aromatic amines is 1. The predicted octanol–water partition coefficient (Wildman–Crippen LogP) is 3.26. The number of hydrogen-bond acceptors (Lipinski definition) is 5. The van der Waals surface area contributed by atoms with Gasteiger partial charge in [0.1, 0.15) is 12.1 Å².